The zero-order valence-electron chi connectivity index (χ0n) is 11.0. The highest BCUT2D eigenvalue weighted by molar-refractivity contribution is 5.86. The largest absolute Gasteiger partial charge is 0.497 e. The van der Waals surface area contributed by atoms with Crippen molar-refractivity contribution >= 4 is 16.6 Å². The van der Waals surface area contributed by atoms with Gasteiger partial charge < -0.3 is 15.2 Å². The summed E-state index contributed by atoms with van der Waals surface area (Å²) in [5.41, 5.74) is 7.23. The molecule has 1 aromatic heterocycles. The molecule has 0 fully saturated rings. The third-order valence-electron chi connectivity index (χ3n) is 3.02. The van der Waals surface area contributed by atoms with E-state index in [1.165, 1.54) is 0 Å². The molecule has 0 atom stereocenters. The van der Waals surface area contributed by atoms with Crippen LogP contribution in [0, 0.1) is 0 Å². The normalized spacial score (nSPS) is 10.4. The minimum Gasteiger partial charge on any atom is -0.497 e. The Bertz CT molecular complexity index is 739. The van der Waals surface area contributed by atoms with E-state index in [9.17, 15) is 0 Å². The van der Waals surface area contributed by atoms with Gasteiger partial charge >= 0.3 is 0 Å². The number of methoxy groups -OCH3 is 1. The van der Waals surface area contributed by atoms with Crippen molar-refractivity contribution in [2.45, 2.75) is 0 Å². The van der Waals surface area contributed by atoms with Crippen LogP contribution in [0.15, 0.2) is 54.7 Å². The number of anilines is 1. The number of aromatic nitrogens is 1. The lowest BCUT2D eigenvalue weighted by atomic mass is 10.2. The molecule has 3 aromatic rings. The fraction of sp³-hybridized carbons (Fsp3) is 0.0625. The number of hydrogen-bond donors (Lipinski definition) is 1. The fourth-order valence-corrected chi connectivity index (χ4v) is 1.98. The van der Waals surface area contributed by atoms with Gasteiger partial charge in [-0.2, -0.15) is 0 Å². The van der Waals surface area contributed by atoms with Crippen LogP contribution >= 0.6 is 0 Å². The molecule has 100 valence electrons. The van der Waals surface area contributed by atoms with Crippen LogP contribution in [0.4, 0.5) is 5.69 Å². The minimum absolute atomic E-state index is 0.707. The lowest BCUT2D eigenvalue weighted by molar-refractivity contribution is 0.415. The van der Waals surface area contributed by atoms with E-state index < -0.39 is 0 Å². The van der Waals surface area contributed by atoms with Crippen molar-refractivity contribution in [2.75, 3.05) is 12.8 Å². The molecule has 0 radical (unpaired) electrons. The summed E-state index contributed by atoms with van der Waals surface area (Å²) in [5, 5.41) is 0.906. The van der Waals surface area contributed by atoms with Crippen LogP contribution in [0.2, 0.25) is 0 Å². The average Bonchev–Trinajstić information content (AvgIpc) is 2.49. The number of hydrogen-bond acceptors (Lipinski definition) is 4. The Morgan fingerprint density at radius 3 is 2.45 bits per heavy atom. The van der Waals surface area contributed by atoms with Crippen molar-refractivity contribution in [3.05, 3.63) is 54.7 Å². The minimum atomic E-state index is 0.707. The summed E-state index contributed by atoms with van der Waals surface area (Å²) in [6.45, 7) is 0. The topological polar surface area (TPSA) is 57.4 Å². The van der Waals surface area contributed by atoms with Gasteiger partial charge in [0.2, 0.25) is 0 Å². The number of pyridine rings is 1. The molecule has 0 aliphatic rings. The Labute approximate surface area is 116 Å². The lowest BCUT2D eigenvalue weighted by Gasteiger charge is -2.09. The first-order valence-electron chi connectivity index (χ1n) is 6.22. The number of benzene rings is 2. The van der Waals surface area contributed by atoms with Gasteiger partial charge in [-0.3, -0.25) is 4.98 Å². The zero-order chi connectivity index (χ0) is 13.9. The summed E-state index contributed by atoms with van der Waals surface area (Å²) in [5.74, 6) is 2.24. The molecule has 0 unspecified atom stereocenters. The van der Waals surface area contributed by atoms with Gasteiger partial charge in [0.25, 0.3) is 0 Å². The van der Waals surface area contributed by atoms with Crippen LogP contribution in [-0.2, 0) is 0 Å². The van der Waals surface area contributed by atoms with Crippen LogP contribution in [0.1, 0.15) is 0 Å². The predicted octanol–water partition coefficient (Wildman–Crippen LogP) is 3.62. The lowest BCUT2D eigenvalue weighted by Crippen LogP contribution is -1.90. The van der Waals surface area contributed by atoms with E-state index in [0.29, 0.717) is 5.69 Å². The Balaban J connectivity index is 2.04. The standard InChI is InChI=1S/C16H14N2O2/c1-19-13-6-7-15-14(10-13)16(8-9-18-15)20-12-4-2-11(17)3-5-12/h2-10H,17H2,1H3. The van der Waals surface area contributed by atoms with E-state index in [4.69, 9.17) is 15.2 Å². The van der Waals surface area contributed by atoms with E-state index in [2.05, 4.69) is 4.98 Å². The Hall–Kier alpha value is -2.75. The number of nitrogens with zero attached hydrogens (tertiary/aromatic N) is 1. The van der Waals surface area contributed by atoms with Gasteiger partial charge in [-0.1, -0.05) is 0 Å². The van der Waals surface area contributed by atoms with E-state index in [1.54, 1.807) is 25.4 Å². The molecule has 4 heteroatoms. The number of rotatable bonds is 3. The van der Waals surface area contributed by atoms with Crippen molar-refractivity contribution in [1.29, 1.82) is 0 Å². The van der Waals surface area contributed by atoms with Crippen LogP contribution < -0.4 is 15.2 Å². The monoisotopic (exact) mass is 266 g/mol. The van der Waals surface area contributed by atoms with Crippen molar-refractivity contribution in [2.24, 2.45) is 0 Å². The molecular weight excluding hydrogens is 252 g/mol. The van der Waals surface area contributed by atoms with E-state index in [0.717, 1.165) is 28.2 Å². The molecule has 0 saturated heterocycles. The van der Waals surface area contributed by atoms with Crippen LogP contribution in [0.5, 0.6) is 17.2 Å². The Kier molecular flexibility index (Phi) is 3.13. The van der Waals surface area contributed by atoms with E-state index in [-0.39, 0.29) is 0 Å². The zero-order valence-corrected chi connectivity index (χ0v) is 11.0. The second-order valence-electron chi connectivity index (χ2n) is 4.36. The van der Waals surface area contributed by atoms with Gasteiger partial charge in [-0.05, 0) is 48.5 Å². The summed E-state index contributed by atoms with van der Waals surface area (Å²) in [6, 6.07) is 14.8. The molecule has 1 heterocycles. The molecule has 3 rings (SSSR count). The van der Waals surface area contributed by atoms with Crippen LogP contribution in [0.3, 0.4) is 0 Å². The molecule has 4 nitrogen and oxygen atoms in total. The first-order valence-corrected chi connectivity index (χ1v) is 6.22. The Morgan fingerprint density at radius 1 is 0.950 bits per heavy atom. The Morgan fingerprint density at radius 2 is 1.70 bits per heavy atom. The summed E-state index contributed by atoms with van der Waals surface area (Å²) >= 11 is 0. The predicted molar refractivity (Wildman–Crippen MR) is 79.2 cm³/mol. The number of fused-ring (bicyclic) bond motifs is 1. The van der Waals surface area contributed by atoms with Crippen LogP contribution in [0.25, 0.3) is 10.9 Å². The fourth-order valence-electron chi connectivity index (χ4n) is 1.98. The highest BCUT2D eigenvalue weighted by Crippen LogP contribution is 2.31. The maximum atomic E-state index is 5.90. The van der Waals surface area contributed by atoms with E-state index in [1.807, 2.05) is 36.4 Å². The maximum absolute atomic E-state index is 5.90. The quantitative estimate of drug-likeness (QED) is 0.736. The number of ether oxygens (including phenoxy) is 2. The van der Waals surface area contributed by atoms with Crippen molar-refractivity contribution in [3.63, 3.8) is 0 Å². The van der Waals surface area contributed by atoms with Gasteiger partial charge in [0.15, 0.2) is 0 Å². The molecule has 0 bridgehead atoms. The molecule has 20 heavy (non-hydrogen) atoms. The molecule has 0 aliphatic carbocycles. The summed E-state index contributed by atoms with van der Waals surface area (Å²) < 4.78 is 11.1. The molecule has 0 saturated carbocycles. The SMILES string of the molecule is COc1ccc2nccc(Oc3ccc(N)cc3)c2c1. The molecule has 0 amide bonds. The van der Waals surface area contributed by atoms with Gasteiger partial charge in [-0.25, -0.2) is 0 Å². The van der Waals surface area contributed by atoms with Crippen molar-refractivity contribution in [3.8, 4) is 17.2 Å². The smallest absolute Gasteiger partial charge is 0.138 e. The molecular formula is C16H14N2O2. The third-order valence-corrected chi connectivity index (χ3v) is 3.02. The first-order chi connectivity index (χ1) is 9.76. The van der Waals surface area contributed by atoms with Gasteiger partial charge in [0, 0.05) is 17.3 Å². The van der Waals surface area contributed by atoms with Crippen molar-refractivity contribution in [1.82, 2.24) is 4.98 Å². The highest BCUT2D eigenvalue weighted by atomic mass is 16.5. The summed E-state index contributed by atoms with van der Waals surface area (Å²) in [4.78, 5) is 4.32. The molecule has 2 N–H and O–H groups in total. The highest BCUT2D eigenvalue weighted by Gasteiger charge is 2.06. The van der Waals surface area contributed by atoms with Gasteiger partial charge in [0.1, 0.15) is 17.2 Å². The van der Waals surface area contributed by atoms with E-state index >= 15 is 0 Å². The second kappa shape index (κ2) is 5.09. The second-order valence-corrected chi connectivity index (χ2v) is 4.36. The number of nitrogen functional groups attached to an aromatic ring is 1. The van der Waals surface area contributed by atoms with Crippen molar-refractivity contribution < 1.29 is 9.47 Å². The number of nitrogens with two attached hydrogens (primary N) is 1. The molecule has 0 aliphatic heterocycles. The van der Waals surface area contributed by atoms with Gasteiger partial charge in [0.05, 0.1) is 12.6 Å². The first kappa shape index (κ1) is 12.3. The molecule has 2 aromatic carbocycles. The average molecular weight is 266 g/mol. The summed E-state index contributed by atoms with van der Waals surface area (Å²) in [6.07, 6.45) is 1.72. The molecule has 0 spiro atoms. The maximum Gasteiger partial charge on any atom is 0.138 e. The van der Waals surface area contributed by atoms with Crippen LogP contribution in [-0.4, -0.2) is 12.1 Å². The van der Waals surface area contributed by atoms with Gasteiger partial charge in [-0.15, -0.1) is 0 Å². The summed E-state index contributed by atoms with van der Waals surface area (Å²) in [7, 11) is 1.64. The third kappa shape index (κ3) is 2.36.